The maximum Gasteiger partial charge on any atom is 0.222 e. The summed E-state index contributed by atoms with van der Waals surface area (Å²) < 4.78 is 5.26. The van der Waals surface area contributed by atoms with Crippen molar-refractivity contribution in [2.45, 2.75) is 57.6 Å². The summed E-state index contributed by atoms with van der Waals surface area (Å²) in [5.74, 6) is 0.0671. The van der Waals surface area contributed by atoms with E-state index in [1.807, 2.05) is 6.92 Å². The van der Waals surface area contributed by atoms with Crippen molar-refractivity contribution in [1.29, 1.82) is 0 Å². The number of rotatable bonds is 6. The van der Waals surface area contributed by atoms with Crippen LogP contribution in [0, 0.1) is 0 Å². The Morgan fingerprint density at radius 1 is 1.31 bits per heavy atom. The van der Waals surface area contributed by atoms with E-state index in [0.29, 0.717) is 13.0 Å². The molecule has 0 aromatic heterocycles. The molecular weight excluding hydrogens is 206 g/mol. The van der Waals surface area contributed by atoms with Gasteiger partial charge in [0.05, 0.1) is 12.7 Å². The summed E-state index contributed by atoms with van der Waals surface area (Å²) in [6.45, 7) is 3.28. The number of ether oxygens (including phenoxy) is 1. The number of carbonyl (C=O) groups excluding carboxylic acids is 1. The van der Waals surface area contributed by atoms with Gasteiger partial charge in [-0.25, -0.2) is 0 Å². The number of nitrogens with one attached hydrogen (secondary N) is 1. The van der Waals surface area contributed by atoms with Gasteiger partial charge in [-0.3, -0.25) is 4.79 Å². The number of hydrogen-bond donors (Lipinski definition) is 2. The average Bonchev–Trinajstić information content (AvgIpc) is 2.28. The van der Waals surface area contributed by atoms with E-state index >= 15 is 0 Å². The molecule has 1 fully saturated rings. The molecule has 4 heteroatoms. The summed E-state index contributed by atoms with van der Waals surface area (Å²) in [5, 5.41) is 12.3. The second kappa shape index (κ2) is 7.63. The van der Waals surface area contributed by atoms with Crippen molar-refractivity contribution >= 4 is 5.91 Å². The second-order valence-corrected chi connectivity index (χ2v) is 4.44. The first kappa shape index (κ1) is 13.5. The van der Waals surface area contributed by atoms with E-state index in [1.54, 1.807) is 0 Å². The molecule has 1 saturated carbocycles. The van der Waals surface area contributed by atoms with Crippen LogP contribution >= 0.6 is 0 Å². The predicted molar refractivity (Wildman–Crippen MR) is 62.1 cm³/mol. The van der Waals surface area contributed by atoms with Crippen LogP contribution in [0.25, 0.3) is 0 Å². The molecule has 0 aromatic rings. The lowest BCUT2D eigenvalue weighted by Crippen LogP contribution is -2.38. The second-order valence-electron chi connectivity index (χ2n) is 4.44. The Balaban J connectivity index is 2.05. The molecule has 0 radical (unpaired) electrons. The first-order valence-electron chi connectivity index (χ1n) is 6.27. The Kier molecular flexibility index (Phi) is 6.42. The van der Waals surface area contributed by atoms with Gasteiger partial charge in [-0.1, -0.05) is 6.92 Å². The van der Waals surface area contributed by atoms with E-state index < -0.39 is 0 Å². The first-order valence-corrected chi connectivity index (χ1v) is 6.27. The van der Waals surface area contributed by atoms with Crippen molar-refractivity contribution < 1.29 is 14.6 Å². The van der Waals surface area contributed by atoms with Gasteiger partial charge in [0.2, 0.25) is 5.91 Å². The van der Waals surface area contributed by atoms with E-state index in [-0.39, 0.29) is 18.1 Å². The van der Waals surface area contributed by atoms with Gasteiger partial charge in [-0.05, 0) is 32.1 Å². The number of carbonyl (C=O) groups is 1. The minimum absolute atomic E-state index is 0.0671. The lowest BCUT2D eigenvalue weighted by Gasteiger charge is -2.26. The smallest absolute Gasteiger partial charge is 0.222 e. The number of amides is 1. The Morgan fingerprint density at radius 3 is 2.62 bits per heavy atom. The average molecular weight is 229 g/mol. The van der Waals surface area contributed by atoms with Crippen LogP contribution in [0.2, 0.25) is 0 Å². The van der Waals surface area contributed by atoms with Crippen molar-refractivity contribution in [2.75, 3.05) is 13.2 Å². The highest BCUT2D eigenvalue weighted by molar-refractivity contribution is 5.76. The normalized spacial score (nSPS) is 25.4. The monoisotopic (exact) mass is 229 g/mol. The van der Waals surface area contributed by atoms with Crippen molar-refractivity contribution in [3.8, 4) is 0 Å². The van der Waals surface area contributed by atoms with E-state index in [2.05, 4.69) is 5.32 Å². The Morgan fingerprint density at radius 2 is 2.00 bits per heavy atom. The molecule has 0 bridgehead atoms. The molecule has 0 atom stereocenters. The van der Waals surface area contributed by atoms with Gasteiger partial charge < -0.3 is 15.2 Å². The third-order valence-electron chi connectivity index (χ3n) is 2.88. The Hall–Kier alpha value is -0.610. The summed E-state index contributed by atoms with van der Waals surface area (Å²) in [6, 6.07) is 0.252. The zero-order valence-corrected chi connectivity index (χ0v) is 10.1. The summed E-state index contributed by atoms with van der Waals surface area (Å²) >= 11 is 0. The minimum atomic E-state index is -0.166. The van der Waals surface area contributed by atoms with Gasteiger partial charge in [0.1, 0.15) is 0 Å². The molecule has 4 nitrogen and oxygen atoms in total. The van der Waals surface area contributed by atoms with Crippen molar-refractivity contribution in [3.63, 3.8) is 0 Å². The van der Waals surface area contributed by atoms with Crippen LogP contribution < -0.4 is 5.32 Å². The van der Waals surface area contributed by atoms with Crippen LogP contribution in [-0.2, 0) is 9.53 Å². The fourth-order valence-electron chi connectivity index (χ4n) is 1.93. The first-order chi connectivity index (χ1) is 7.72. The van der Waals surface area contributed by atoms with Gasteiger partial charge in [0.25, 0.3) is 0 Å². The molecule has 1 amide bonds. The molecule has 0 saturated heterocycles. The molecule has 0 aliphatic heterocycles. The van der Waals surface area contributed by atoms with E-state index in [4.69, 9.17) is 4.74 Å². The summed E-state index contributed by atoms with van der Waals surface area (Å²) in [7, 11) is 0. The van der Waals surface area contributed by atoms with Crippen LogP contribution in [0.1, 0.15) is 45.4 Å². The number of aliphatic hydroxyl groups excluding tert-OH is 1. The van der Waals surface area contributed by atoms with Gasteiger partial charge in [0.15, 0.2) is 0 Å². The fraction of sp³-hybridized carbons (Fsp3) is 0.917. The van der Waals surface area contributed by atoms with Gasteiger partial charge in [0, 0.05) is 19.1 Å². The highest BCUT2D eigenvalue weighted by Crippen LogP contribution is 2.18. The molecule has 0 unspecified atom stereocenters. The van der Waals surface area contributed by atoms with Gasteiger partial charge in [-0.2, -0.15) is 0 Å². The lowest BCUT2D eigenvalue weighted by molar-refractivity contribution is -0.123. The molecule has 0 heterocycles. The highest BCUT2D eigenvalue weighted by atomic mass is 16.5. The van der Waals surface area contributed by atoms with Crippen molar-refractivity contribution in [3.05, 3.63) is 0 Å². The predicted octanol–water partition coefficient (Wildman–Crippen LogP) is 1.22. The van der Waals surface area contributed by atoms with E-state index in [1.165, 1.54) is 0 Å². The zero-order chi connectivity index (χ0) is 11.8. The van der Waals surface area contributed by atoms with Crippen LogP contribution in [0.4, 0.5) is 0 Å². The molecule has 1 aliphatic carbocycles. The SMILES string of the molecule is CCCOCCC(=O)NC1CCC(O)CC1. The van der Waals surface area contributed by atoms with E-state index in [0.717, 1.165) is 38.7 Å². The molecule has 94 valence electrons. The molecular formula is C12H23NO3. The zero-order valence-electron chi connectivity index (χ0n) is 10.1. The van der Waals surface area contributed by atoms with Gasteiger partial charge >= 0.3 is 0 Å². The largest absolute Gasteiger partial charge is 0.393 e. The maximum atomic E-state index is 11.5. The molecule has 0 spiro atoms. The maximum absolute atomic E-state index is 11.5. The topological polar surface area (TPSA) is 58.6 Å². The third-order valence-corrected chi connectivity index (χ3v) is 2.88. The van der Waals surface area contributed by atoms with Gasteiger partial charge in [-0.15, -0.1) is 0 Å². The van der Waals surface area contributed by atoms with Crippen LogP contribution in [0.5, 0.6) is 0 Å². The fourth-order valence-corrected chi connectivity index (χ4v) is 1.93. The Bertz CT molecular complexity index is 200. The number of hydrogen-bond acceptors (Lipinski definition) is 3. The third kappa shape index (κ3) is 5.47. The summed E-state index contributed by atoms with van der Waals surface area (Å²) in [4.78, 5) is 11.5. The van der Waals surface area contributed by atoms with Crippen LogP contribution in [0.15, 0.2) is 0 Å². The van der Waals surface area contributed by atoms with Crippen LogP contribution in [-0.4, -0.2) is 36.4 Å². The highest BCUT2D eigenvalue weighted by Gasteiger charge is 2.20. The number of aliphatic hydroxyl groups is 1. The standard InChI is InChI=1S/C12H23NO3/c1-2-8-16-9-7-12(15)13-10-3-5-11(14)6-4-10/h10-11,14H,2-9H2,1H3,(H,13,15). The molecule has 16 heavy (non-hydrogen) atoms. The molecule has 0 aromatic carbocycles. The van der Waals surface area contributed by atoms with Crippen LogP contribution in [0.3, 0.4) is 0 Å². The summed E-state index contributed by atoms with van der Waals surface area (Å²) in [6.07, 6.45) is 4.65. The quantitative estimate of drug-likeness (QED) is 0.673. The molecule has 1 rings (SSSR count). The van der Waals surface area contributed by atoms with E-state index in [9.17, 15) is 9.90 Å². The van der Waals surface area contributed by atoms with Crippen molar-refractivity contribution in [2.24, 2.45) is 0 Å². The lowest BCUT2D eigenvalue weighted by atomic mass is 9.93. The minimum Gasteiger partial charge on any atom is -0.393 e. The Labute approximate surface area is 97.4 Å². The molecule has 2 N–H and O–H groups in total. The summed E-state index contributed by atoms with van der Waals surface area (Å²) in [5.41, 5.74) is 0. The molecule has 1 aliphatic rings. The van der Waals surface area contributed by atoms with Crippen molar-refractivity contribution in [1.82, 2.24) is 5.32 Å².